The molecule has 0 bridgehead atoms. The van der Waals surface area contributed by atoms with Crippen molar-refractivity contribution in [3.05, 3.63) is 156 Å². The summed E-state index contributed by atoms with van der Waals surface area (Å²) in [6, 6.07) is 35.4. The summed E-state index contributed by atoms with van der Waals surface area (Å²) in [6.07, 6.45) is 1.94. The molecule has 0 spiro atoms. The predicted octanol–water partition coefficient (Wildman–Crippen LogP) is 7.41. The van der Waals surface area contributed by atoms with Crippen LogP contribution in [-0.2, 0) is 9.53 Å². The van der Waals surface area contributed by atoms with Crippen LogP contribution in [0, 0.1) is 0 Å². The van der Waals surface area contributed by atoms with Crippen LogP contribution in [-0.4, -0.2) is 28.5 Å². The Labute approximate surface area is 300 Å². The molecule has 2 aliphatic heterocycles. The Morgan fingerprint density at radius 1 is 0.940 bits per heavy atom. The zero-order chi connectivity index (χ0) is 34.4. The molecule has 0 aliphatic carbocycles. The molecule has 2 aliphatic rings. The third-order valence-corrected chi connectivity index (χ3v) is 10.3. The van der Waals surface area contributed by atoms with E-state index in [1.54, 1.807) is 24.5 Å². The average Bonchev–Trinajstić information content (AvgIpc) is 3.84. The number of nitrogens with zero attached hydrogens (tertiary/aromatic N) is 3. The van der Waals surface area contributed by atoms with E-state index >= 15 is 0 Å². The molecule has 4 aromatic carbocycles. The van der Waals surface area contributed by atoms with Gasteiger partial charge in [0.15, 0.2) is 16.3 Å². The van der Waals surface area contributed by atoms with Gasteiger partial charge in [-0.2, -0.15) is 0 Å². The summed E-state index contributed by atoms with van der Waals surface area (Å²) in [6.45, 7) is 3.83. The molecule has 0 unspecified atom stereocenters. The van der Waals surface area contributed by atoms with Gasteiger partial charge in [0.2, 0.25) is 6.79 Å². The number of fused-ring (bicyclic) bond motifs is 2. The van der Waals surface area contributed by atoms with Gasteiger partial charge in [-0.1, -0.05) is 94.0 Å². The molecular formula is C40H30BrN3O5S. The van der Waals surface area contributed by atoms with Crippen molar-refractivity contribution in [3.8, 4) is 39.7 Å². The van der Waals surface area contributed by atoms with Crippen molar-refractivity contribution in [1.82, 2.24) is 9.13 Å². The molecule has 4 heterocycles. The first-order valence-electron chi connectivity index (χ1n) is 16.1. The van der Waals surface area contributed by atoms with Crippen molar-refractivity contribution in [3.63, 3.8) is 0 Å². The predicted molar refractivity (Wildman–Crippen MR) is 197 cm³/mol. The fraction of sp³-hybridized carbons (Fsp3) is 0.125. The van der Waals surface area contributed by atoms with Crippen LogP contribution in [0.15, 0.2) is 135 Å². The number of thiazole rings is 1. The van der Waals surface area contributed by atoms with Crippen molar-refractivity contribution in [1.29, 1.82) is 0 Å². The summed E-state index contributed by atoms with van der Waals surface area (Å²) in [4.78, 5) is 33.4. The lowest BCUT2D eigenvalue weighted by atomic mass is 9.95. The quantitative estimate of drug-likeness (QED) is 0.159. The van der Waals surface area contributed by atoms with Crippen LogP contribution in [0.4, 0.5) is 0 Å². The Balaban J connectivity index is 1.38. The number of hydrogen-bond acceptors (Lipinski definition) is 7. The maximum atomic E-state index is 14.6. The van der Waals surface area contributed by atoms with E-state index in [2.05, 4.69) is 63.0 Å². The number of benzene rings is 4. The van der Waals surface area contributed by atoms with Gasteiger partial charge in [0, 0.05) is 15.7 Å². The molecular weight excluding hydrogens is 714 g/mol. The normalized spacial score (nSPS) is 15.2. The minimum atomic E-state index is -0.775. The van der Waals surface area contributed by atoms with Crippen LogP contribution in [0.2, 0.25) is 0 Å². The van der Waals surface area contributed by atoms with E-state index in [-0.39, 0.29) is 19.0 Å². The standard InChI is InChI=1S/C40H30BrN3O5S/c1-3-47-39(46)35-24(2)42-40-44(37(35)27-14-19-32-33(21-27)49-23-48-32)38(45)34(50-40)22-28-20-31(25-10-6-4-7-11-25)43(30-17-15-29(41)16-18-30)36(28)26-12-8-5-9-13-26/h4-22,37H,3,23H2,1-2H3/b34-22-/t37-/m1/s1. The highest BCUT2D eigenvalue weighted by Crippen LogP contribution is 2.39. The number of rotatable bonds is 7. The Bertz CT molecular complexity index is 2480. The summed E-state index contributed by atoms with van der Waals surface area (Å²) in [5.74, 6) is 0.645. The van der Waals surface area contributed by atoms with Crippen LogP contribution in [0.5, 0.6) is 11.5 Å². The molecule has 6 aromatic rings. The number of ether oxygens (including phenoxy) is 3. The lowest BCUT2D eigenvalue weighted by Gasteiger charge is -2.24. The largest absolute Gasteiger partial charge is 0.463 e. The number of halogens is 1. The van der Waals surface area contributed by atoms with Crippen LogP contribution < -0.4 is 24.4 Å². The Hall–Kier alpha value is -5.45. The van der Waals surface area contributed by atoms with Gasteiger partial charge in [-0.15, -0.1) is 0 Å². The van der Waals surface area contributed by atoms with E-state index in [0.717, 1.165) is 38.2 Å². The number of hydrogen-bond donors (Lipinski definition) is 0. The number of aromatic nitrogens is 2. The minimum absolute atomic E-state index is 0.107. The first-order valence-corrected chi connectivity index (χ1v) is 17.7. The summed E-state index contributed by atoms with van der Waals surface area (Å²) < 4.78 is 22.0. The van der Waals surface area contributed by atoms with Gasteiger partial charge in [0.05, 0.1) is 39.8 Å². The van der Waals surface area contributed by atoms with Crippen LogP contribution in [0.1, 0.15) is 31.0 Å². The summed E-state index contributed by atoms with van der Waals surface area (Å²) >= 11 is 4.88. The van der Waals surface area contributed by atoms with Crippen molar-refractivity contribution < 1.29 is 19.0 Å². The zero-order valence-corrected chi connectivity index (χ0v) is 29.5. The van der Waals surface area contributed by atoms with E-state index in [1.807, 2.05) is 66.7 Å². The summed E-state index contributed by atoms with van der Waals surface area (Å²) in [7, 11) is 0. The highest BCUT2D eigenvalue weighted by atomic mass is 79.9. The molecule has 248 valence electrons. The van der Waals surface area contributed by atoms with Gasteiger partial charge in [-0.25, -0.2) is 9.79 Å². The van der Waals surface area contributed by atoms with Gasteiger partial charge in [0.25, 0.3) is 5.56 Å². The SMILES string of the molecule is CCOC(=O)C1=C(C)N=c2s/c(=C\c3cc(-c4ccccc4)n(-c4ccc(Br)cc4)c3-c3ccccc3)c(=O)n2[C@@H]1c1ccc2c(c1)OCO2. The second kappa shape index (κ2) is 13.1. The first kappa shape index (κ1) is 31.8. The Morgan fingerprint density at radius 3 is 2.36 bits per heavy atom. The van der Waals surface area contributed by atoms with E-state index in [9.17, 15) is 9.59 Å². The van der Waals surface area contributed by atoms with E-state index in [4.69, 9.17) is 19.2 Å². The van der Waals surface area contributed by atoms with Crippen LogP contribution in [0.3, 0.4) is 0 Å². The second-order valence-electron chi connectivity index (χ2n) is 11.8. The highest BCUT2D eigenvalue weighted by molar-refractivity contribution is 9.10. The molecule has 1 atom stereocenters. The van der Waals surface area contributed by atoms with E-state index in [1.165, 1.54) is 11.3 Å². The number of carbonyl (C=O) groups excluding carboxylic acids is 1. The lowest BCUT2D eigenvalue weighted by molar-refractivity contribution is -0.139. The van der Waals surface area contributed by atoms with Gasteiger partial charge >= 0.3 is 5.97 Å². The summed E-state index contributed by atoms with van der Waals surface area (Å²) in [5, 5.41) is 0. The molecule has 0 radical (unpaired) electrons. The molecule has 50 heavy (non-hydrogen) atoms. The van der Waals surface area contributed by atoms with Crippen LogP contribution in [0.25, 0.3) is 34.3 Å². The topological polar surface area (TPSA) is 84.1 Å². The van der Waals surface area contributed by atoms with E-state index < -0.39 is 12.0 Å². The second-order valence-corrected chi connectivity index (χ2v) is 13.7. The maximum Gasteiger partial charge on any atom is 0.338 e. The van der Waals surface area contributed by atoms with Crippen molar-refractivity contribution in [2.45, 2.75) is 19.9 Å². The monoisotopic (exact) mass is 743 g/mol. The zero-order valence-electron chi connectivity index (χ0n) is 27.1. The third-order valence-electron chi connectivity index (χ3n) is 8.75. The molecule has 8 nitrogen and oxygen atoms in total. The Kier molecular flexibility index (Phi) is 8.34. The number of esters is 1. The average molecular weight is 745 g/mol. The number of carbonyl (C=O) groups is 1. The van der Waals surface area contributed by atoms with Crippen molar-refractivity contribution in [2.75, 3.05) is 13.4 Å². The first-order chi connectivity index (χ1) is 24.4. The molecule has 0 N–H and O–H groups in total. The van der Waals surface area contributed by atoms with Crippen LogP contribution >= 0.6 is 27.3 Å². The molecule has 10 heteroatoms. The molecule has 0 fully saturated rings. The Morgan fingerprint density at radius 2 is 1.64 bits per heavy atom. The maximum absolute atomic E-state index is 14.6. The minimum Gasteiger partial charge on any atom is -0.463 e. The molecule has 0 amide bonds. The lowest BCUT2D eigenvalue weighted by Crippen LogP contribution is -2.39. The third kappa shape index (κ3) is 5.60. The molecule has 2 aromatic heterocycles. The van der Waals surface area contributed by atoms with Crippen molar-refractivity contribution in [2.24, 2.45) is 4.99 Å². The fourth-order valence-electron chi connectivity index (χ4n) is 6.54. The van der Waals surface area contributed by atoms with Gasteiger partial charge in [-0.05, 0) is 79.1 Å². The highest BCUT2D eigenvalue weighted by Gasteiger charge is 2.34. The summed E-state index contributed by atoms with van der Waals surface area (Å²) in [5.41, 5.74) is 7.02. The molecule has 0 saturated carbocycles. The molecule has 0 saturated heterocycles. The van der Waals surface area contributed by atoms with Gasteiger partial charge < -0.3 is 18.8 Å². The fourth-order valence-corrected chi connectivity index (χ4v) is 7.84. The smallest absolute Gasteiger partial charge is 0.338 e. The van der Waals surface area contributed by atoms with Gasteiger partial charge in [0.1, 0.15) is 0 Å². The molecule has 8 rings (SSSR count). The van der Waals surface area contributed by atoms with E-state index in [0.29, 0.717) is 37.7 Å². The number of allylic oxidation sites excluding steroid dienone is 1. The van der Waals surface area contributed by atoms with Gasteiger partial charge in [-0.3, -0.25) is 9.36 Å². The van der Waals surface area contributed by atoms with Crippen molar-refractivity contribution >= 4 is 39.3 Å².